The SMILES string of the molecule is CC(=O)N[C@H](Cc1ccccc1)C(=O)N[C@@H](Cc1cccc(C(F)(F)F)c1)C(N)=O. The van der Waals surface area contributed by atoms with Crippen LogP contribution in [0.4, 0.5) is 13.2 Å². The molecule has 0 aromatic heterocycles. The molecule has 30 heavy (non-hydrogen) atoms. The van der Waals surface area contributed by atoms with Crippen molar-refractivity contribution in [2.75, 3.05) is 0 Å². The van der Waals surface area contributed by atoms with Crippen LogP contribution in [-0.4, -0.2) is 29.8 Å². The molecule has 9 heteroatoms. The topological polar surface area (TPSA) is 101 Å². The van der Waals surface area contributed by atoms with Crippen LogP contribution in [0.25, 0.3) is 0 Å². The highest BCUT2D eigenvalue weighted by atomic mass is 19.4. The molecule has 0 aliphatic rings. The predicted octanol–water partition coefficient (Wildman–Crippen LogP) is 1.97. The fraction of sp³-hybridized carbons (Fsp3) is 0.286. The van der Waals surface area contributed by atoms with Gasteiger partial charge in [-0.05, 0) is 17.2 Å². The Labute approximate surface area is 171 Å². The third-order valence-corrected chi connectivity index (χ3v) is 4.33. The first-order valence-electron chi connectivity index (χ1n) is 9.13. The van der Waals surface area contributed by atoms with E-state index in [9.17, 15) is 27.6 Å². The second kappa shape index (κ2) is 9.91. The Bertz CT molecular complexity index is 901. The number of benzene rings is 2. The monoisotopic (exact) mass is 421 g/mol. The molecule has 0 radical (unpaired) electrons. The molecule has 2 aromatic rings. The first-order valence-corrected chi connectivity index (χ1v) is 9.13. The summed E-state index contributed by atoms with van der Waals surface area (Å²) < 4.78 is 38.7. The number of nitrogens with one attached hydrogen (secondary N) is 2. The summed E-state index contributed by atoms with van der Waals surface area (Å²) in [7, 11) is 0. The lowest BCUT2D eigenvalue weighted by Gasteiger charge is -2.22. The van der Waals surface area contributed by atoms with Crippen LogP contribution in [0.1, 0.15) is 23.6 Å². The van der Waals surface area contributed by atoms with Crippen LogP contribution < -0.4 is 16.4 Å². The smallest absolute Gasteiger partial charge is 0.368 e. The molecule has 4 N–H and O–H groups in total. The normalized spacial score (nSPS) is 13.2. The van der Waals surface area contributed by atoms with Gasteiger partial charge in [0.15, 0.2) is 0 Å². The molecule has 160 valence electrons. The molecular weight excluding hydrogens is 399 g/mol. The largest absolute Gasteiger partial charge is 0.416 e. The van der Waals surface area contributed by atoms with Crippen molar-refractivity contribution in [2.24, 2.45) is 5.73 Å². The Balaban J connectivity index is 2.16. The molecule has 0 aliphatic carbocycles. The van der Waals surface area contributed by atoms with Crippen molar-refractivity contribution < 1.29 is 27.6 Å². The zero-order chi connectivity index (χ0) is 22.3. The molecule has 0 fully saturated rings. The average Bonchev–Trinajstić information content (AvgIpc) is 2.67. The summed E-state index contributed by atoms with van der Waals surface area (Å²) in [6.07, 6.45) is -4.59. The maximum atomic E-state index is 12.9. The molecular formula is C21H22F3N3O3. The molecule has 0 unspecified atom stereocenters. The fourth-order valence-electron chi connectivity index (χ4n) is 2.91. The number of alkyl halides is 3. The minimum atomic E-state index is -4.53. The van der Waals surface area contributed by atoms with Gasteiger partial charge in [-0.15, -0.1) is 0 Å². The van der Waals surface area contributed by atoms with Gasteiger partial charge in [-0.25, -0.2) is 0 Å². The van der Waals surface area contributed by atoms with E-state index in [1.807, 2.05) is 0 Å². The van der Waals surface area contributed by atoms with Gasteiger partial charge in [0.05, 0.1) is 5.56 Å². The van der Waals surface area contributed by atoms with Crippen molar-refractivity contribution in [1.82, 2.24) is 10.6 Å². The number of nitrogens with two attached hydrogens (primary N) is 1. The molecule has 0 saturated carbocycles. The Morgan fingerprint density at radius 3 is 2.07 bits per heavy atom. The zero-order valence-electron chi connectivity index (χ0n) is 16.2. The lowest BCUT2D eigenvalue weighted by Crippen LogP contribution is -2.54. The first-order chi connectivity index (χ1) is 14.1. The third kappa shape index (κ3) is 6.91. The second-order valence-electron chi connectivity index (χ2n) is 6.81. The third-order valence-electron chi connectivity index (χ3n) is 4.33. The van der Waals surface area contributed by atoms with Crippen molar-refractivity contribution in [1.29, 1.82) is 0 Å². The maximum absolute atomic E-state index is 12.9. The van der Waals surface area contributed by atoms with Crippen LogP contribution >= 0.6 is 0 Å². The Morgan fingerprint density at radius 1 is 0.900 bits per heavy atom. The molecule has 2 aromatic carbocycles. The number of hydrogen-bond donors (Lipinski definition) is 3. The minimum Gasteiger partial charge on any atom is -0.368 e. The number of amides is 3. The number of carbonyl (C=O) groups is 3. The number of halogens is 3. The summed E-state index contributed by atoms with van der Waals surface area (Å²) in [6.45, 7) is 1.25. The van der Waals surface area contributed by atoms with Crippen LogP contribution in [0, 0.1) is 0 Å². The molecule has 3 amide bonds. The fourth-order valence-corrected chi connectivity index (χ4v) is 2.91. The molecule has 0 heterocycles. The number of primary amides is 1. The molecule has 0 aliphatic heterocycles. The van der Waals surface area contributed by atoms with E-state index in [0.717, 1.165) is 17.7 Å². The molecule has 0 saturated heterocycles. The Hall–Kier alpha value is -3.36. The van der Waals surface area contributed by atoms with E-state index in [4.69, 9.17) is 5.73 Å². The van der Waals surface area contributed by atoms with Gasteiger partial charge in [0.1, 0.15) is 12.1 Å². The van der Waals surface area contributed by atoms with Crippen LogP contribution in [0.2, 0.25) is 0 Å². The lowest BCUT2D eigenvalue weighted by molar-refractivity contribution is -0.137. The van der Waals surface area contributed by atoms with Gasteiger partial charge >= 0.3 is 6.18 Å². The summed E-state index contributed by atoms with van der Waals surface area (Å²) in [5.41, 5.74) is 5.45. The number of hydrogen-bond acceptors (Lipinski definition) is 3. The Morgan fingerprint density at radius 2 is 1.50 bits per heavy atom. The van der Waals surface area contributed by atoms with Gasteiger partial charge in [-0.1, -0.05) is 48.5 Å². The van der Waals surface area contributed by atoms with Crippen molar-refractivity contribution in [3.63, 3.8) is 0 Å². The minimum absolute atomic E-state index is 0.168. The number of carbonyl (C=O) groups excluding carboxylic acids is 3. The van der Waals surface area contributed by atoms with Crippen molar-refractivity contribution in [2.45, 2.75) is 38.0 Å². The summed E-state index contributed by atoms with van der Waals surface area (Å²) in [5.74, 6) is -2.01. The Kier molecular flexibility index (Phi) is 7.57. The van der Waals surface area contributed by atoms with Crippen LogP contribution in [0.15, 0.2) is 54.6 Å². The first kappa shape index (κ1) is 22.9. The van der Waals surface area contributed by atoms with E-state index in [0.29, 0.717) is 0 Å². The summed E-state index contributed by atoms with van der Waals surface area (Å²) in [5, 5.41) is 4.95. The van der Waals surface area contributed by atoms with Gasteiger partial charge in [-0.3, -0.25) is 14.4 Å². The van der Waals surface area contributed by atoms with E-state index in [1.165, 1.54) is 19.1 Å². The zero-order valence-corrected chi connectivity index (χ0v) is 16.2. The highest BCUT2D eigenvalue weighted by Crippen LogP contribution is 2.29. The summed E-state index contributed by atoms with van der Waals surface area (Å²) >= 11 is 0. The van der Waals surface area contributed by atoms with Crippen molar-refractivity contribution in [3.8, 4) is 0 Å². The van der Waals surface area contributed by atoms with Gasteiger partial charge in [-0.2, -0.15) is 13.2 Å². The van der Waals surface area contributed by atoms with Crippen LogP contribution in [-0.2, 0) is 33.4 Å². The van der Waals surface area contributed by atoms with Crippen LogP contribution in [0.5, 0.6) is 0 Å². The summed E-state index contributed by atoms with van der Waals surface area (Å²) in [6, 6.07) is 11.1. The van der Waals surface area contributed by atoms with Gasteiger partial charge in [0.25, 0.3) is 0 Å². The molecule has 2 rings (SSSR count). The van der Waals surface area contributed by atoms with Gasteiger partial charge in [0.2, 0.25) is 17.7 Å². The van der Waals surface area contributed by atoms with Gasteiger partial charge in [0, 0.05) is 19.8 Å². The molecule has 6 nitrogen and oxygen atoms in total. The maximum Gasteiger partial charge on any atom is 0.416 e. The number of rotatable bonds is 8. The van der Waals surface area contributed by atoms with E-state index < -0.39 is 41.5 Å². The van der Waals surface area contributed by atoms with E-state index >= 15 is 0 Å². The average molecular weight is 421 g/mol. The lowest BCUT2D eigenvalue weighted by atomic mass is 10.0. The molecule has 2 atom stereocenters. The molecule has 0 spiro atoms. The standard InChI is InChI=1S/C21H22F3N3O3/c1-13(28)26-18(11-14-6-3-2-4-7-14)20(30)27-17(19(25)29)12-15-8-5-9-16(10-15)21(22,23)24/h2-10,17-18H,11-12H2,1H3,(H2,25,29)(H,26,28)(H,27,30)/t17-,18+/m0/s1. The molecule has 0 bridgehead atoms. The van der Waals surface area contributed by atoms with E-state index in [1.54, 1.807) is 30.3 Å². The van der Waals surface area contributed by atoms with E-state index in [-0.39, 0.29) is 18.4 Å². The summed E-state index contributed by atoms with van der Waals surface area (Å²) in [4.78, 5) is 36.0. The second-order valence-corrected chi connectivity index (χ2v) is 6.81. The predicted molar refractivity (Wildman–Crippen MR) is 104 cm³/mol. The quantitative estimate of drug-likeness (QED) is 0.607. The van der Waals surface area contributed by atoms with Crippen molar-refractivity contribution in [3.05, 3.63) is 71.3 Å². The van der Waals surface area contributed by atoms with Gasteiger partial charge < -0.3 is 16.4 Å². The van der Waals surface area contributed by atoms with Crippen LogP contribution in [0.3, 0.4) is 0 Å². The van der Waals surface area contributed by atoms with Crippen molar-refractivity contribution >= 4 is 17.7 Å². The highest BCUT2D eigenvalue weighted by molar-refractivity contribution is 5.91. The van der Waals surface area contributed by atoms with E-state index in [2.05, 4.69) is 10.6 Å². The highest BCUT2D eigenvalue weighted by Gasteiger charge is 2.31.